The zero-order valence-corrected chi connectivity index (χ0v) is 8.00. The first-order valence-corrected chi connectivity index (χ1v) is 4.00. The summed E-state index contributed by atoms with van der Waals surface area (Å²) in [6.07, 6.45) is 1.35. The van der Waals surface area contributed by atoms with Gasteiger partial charge in [-0.2, -0.15) is 0 Å². The van der Waals surface area contributed by atoms with Gasteiger partial charge >= 0.3 is 0 Å². The van der Waals surface area contributed by atoms with Gasteiger partial charge in [-0.25, -0.2) is 0 Å². The monoisotopic (exact) mass is 173 g/mol. The summed E-state index contributed by atoms with van der Waals surface area (Å²) >= 11 is 0. The van der Waals surface area contributed by atoms with Gasteiger partial charge in [0.1, 0.15) is 6.61 Å². The van der Waals surface area contributed by atoms with E-state index in [1.807, 2.05) is 6.92 Å². The van der Waals surface area contributed by atoms with E-state index < -0.39 is 5.79 Å². The lowest BCUT2D eigenvalue weighted by Gasteiger charge is -2.27. The fraction of sp³-hybridized carbons (Fsp3) is 0.667. The van der Waals surface area contributed by atoms with Crippen molar-refractivity contribution in [1.82, 2.24) is 0 Å². The third-order valence-electron chi connectivity index (χ3n) is 1.27. The first kappa shape index (κ1) is 11.5. The van der Waals surface area contributed by atoms with Crippen LogP contribution < -0.4 is 0 Å². The molecule has 0 aliphatic heterocycles. The highest BCUT2D eigenvalue weighted by atomic mass is 16.7. The minimum Gasteiger partial charge on any atom is -0.468 e. The number of hydrogen-bond acceptors (Lipinski definition) is 3. The lowest BCUT2D eigenvalue weighted by molar-refractivity contribution is -0.203. The molecule has 0 spiro atoms. The molecular weight excluding hydrogens is 156 g/mol. The van der Waals surface area contributed by atoms with E-state index in [9.17, 15) is 0 Å². The first-order valence-electron chi connectivity index (χ1n) is 4.00. The molecule has 0 saturated carbocycles. The van der Waals surface area contributed by atoms with Crippen LogP contribution in [0, 0.1) is 6.61 Å². The van der Waals surface area contributed by atoms with Crippen molar-refractivity contribution in [3.05, 3.63) is 19.4 Å². The van der Waals surface area contributed by atoms with Gasteiger partial charge in [-0.05, 0) is 13.8 Å². The van der Waals surface area contributed by atoms with Gasteiger partial charge in [0, 0.05) is 13.5 Å². The second-order valence-electron chi connectivity index (χ2n) is 2.41. The van der Waals surface area contributed by atoms with Crippen LogP contribution >= 0.6 is 0 Å². The fourth-order valence-corrected chi connectivity index (χ4v) is 0.809. The van der Waals surface area contributed by atoms with E-state index in [1.165, 1.54) is 6.26 Å². The highest BCUT2D eigenvalue weighted by molar-refractivity contribution is 4.68. The maximum Gasteiger partial charge on any atom is 0.230 e. The average Bonchev–Trinajstić information content (AvgIpc) is 2.02. The maximum atomic E-state index is 5.23. The van der Waals surface area contributed by atoms with E-state index in [-0.39, 0.29) is 0 Å². The van der Waals surface area contributed by atoms with Crippen molar-refractivity contribution < 1.29 is 14.2 Å². The molecule has 0 N–H and O–H groups in total. The normalized spacial score (nSPS) is 15.2. The lowest BCUT2D eigenvalue weighted by atomic mass is 10.3. The fourth-order valence-electron chi connectivity index (χ4n) is 0.809. The third-order valence-corrected chi connectivity index (χ3v) is 1.27. The van der Waals surface area contributed by atoms with Gasteiger partial charge < -0.3 is 14.2 Å². The molecule has 3 heteroatoms. The van der Waals surface area contributed by atoms with E-state index in [0.29, 0.717) is 13.2 Å². The summed E-state index contributed by atoms with van der Waals surface area (Å²) in [4.78, 5) is 0. The predicted molar refractivity (Wildman–Crippen MR) is 47.2 cm³/mol. The summed E-state index contributed by atoms with van der Waals surface area (Å²) in [5.41, 5.74) is 0. The van der Waals surface area contributed by atoms with Gasteiger partial charge in [0.15, 0.2) is 0 Å². The molecule has 0 heterocycles. The molecule has 0 rings (SSSR count). The first-order chi connectivity index (χ1) is 5.68. The van der Waals surface area contributed by atoms with Crippen molar-refractivity contribution in [3.8, 4) is 0 Å². The van der Waals surface area contributed by atoms with E-state index >= 15 is 0 Å². The van der Waals surface area contributed by atoms with Gasteiger partial charge in [0.2, 0.25) is 5.79 Å². The third kappa shape index (κ3) is 4.36. The van der Waals surface area contributed by atoms with E-state index in [4.69, 9.17) is 14.2 Å². The quantitative estimate of drug-likeness (QED) is 0.436. The Bertz CT molecular complexity index is 125. The molecule has 12 heavy (non-hydrogen) atoms. The van der Waals surface area contributed by atoms with Crippen molar-refractivity contribution in [3.63, 3.8) is 0 Å². The van der Waals surface area contributed by atoms with Gasteiger partial charge in [-0.15, -0.1) is 0 Å². The molecule has 0 aliphatic carbocycles. The summed E-state index contributed by atoms with van der Waals surface area (Å²) in [7, 11) is 0. The smallest absolute Gasteiger partial charge is 0.230 e. The largest absolute Gasteiger partial charge is 0.468 e. The lowest BCUT2D eigenvalue weighted by Crippen LogP contribution is -2.35. The Labute approximate surface area is 74.3 Å². The molecule has 1 radical (unpaired) electrons. The molecule has 3 nitrogen and oxygen atoms in total. The predicted octanol–water partition coefficient (Wildman–Crippen LogP) is 2.10. The Morgan fingerprint density at radius 1 is 1.42 bits per heavy atom. The SMILES string of the molecule is C=COC(C)(COCC)O[CH]C. The molecule has 71 valence electrons. The van der Waals surface area contributed by atoms with Crippen LogP contribution in [0.3, 0.4) is 0 Å². The minimum absolute atomic E-state index is 0.389. The highest BCUT2D eigenvalue weighted by Crippen LogP contribution is 2.14. The Morgan fingerprint density at radius 3 is 2.50 bits per heavy atom. The van der Waals surface area contributed by atoms with Crippen molar-refractivity contribution >= 4 is 0 Å². The second-order valence-corrected chi connectivity index (χ2v) is 2.41. The summed E-state index contributed by atoms with van der Waals surface area (Å²) in [6, 6.07) is 0. The molecule has 1 atom stereocenters. The second kappa shape index (κ2) is 6.03. The van der Waals surface area contributed by atoms with Gasteiger partial charge in [-0.1, -0.05) is 6.58 Å². The van der Waals surface area contributed by atoms with Crippen LogP contribution in [-0.2, 0) is 14.2 Å². The molecule has 0 fully saturated rings. The molecule has 0 aromatic heterocycles. The summed E-state index contributed by atoms with van der Waals surface area (Å²) in [5, 5.41) is 0. The van der Waals surface area contributed by atoms with Crippen LogP contribution in [0.2, 0.25) is 0 Å². The van der Waals surface area contributed by atoms with Gasteiger partial charge in [-0.3, -0.25) is 0 Å². The van der Waals surface area contributed by atoms with Crippen molar-refractivity contribution in [2.24, 2.45) is 0 Å². The molecule has 0 amide bonds. The molecule has 0 aromatic carbocycles. The Balaban J connectivity index is 3.88. The Hall–Kier alpha value is -0.540. The average molecular weight is 173 g/mol. The van der Waals surface area contributed by atoms with Crippen LogP contribution in [-0.4, -0.2) is 19.0 Å². The molecular formula is C9H17O3. The van der Waals surface area contributed by atoms with Crippen LogP contribution in [0.1, 0.15) is 20.8 Å². The van der Waals surface area contributed by atoms with Crippen molar-refractivity contribution in [1.29, 1.82) is 0 Å². The minimum atomic E-state index is -0.744. The van der Waals surface area contributed by atoms with E-state index in [2.05, 4.69) is 6.58 Å². The van der Waals surface area contributed by atoms with Crippen molar-refractivity contribution in [2.75, 3.05) is 13.2 Å². The van der Waals surface area contributed by atoms with Crippen LogP contribution in [0.25, 0.3) is 0 Å². The van der Waals surface area contributed by atoms with Crippen LogP contribution in [0.5, 0.6) is 0 Å². The Morgan fingerprint density at radius 2 is 2.08 bits per heavy atom. The molecule has 1 unspecified atom stereocenters. The number of rotatable bonds is 7. The van der Waals surface area contributed by atoms with E-state index in [1.54, 1.807) is 20.5 Å². The zero-order valence-electron chi connectivity index (χ0n) is 8.00. The van der Waals surface area contributed by atoms with Crippen LogP contribution in [0.4, 0.5) is 0 Å². The molecule has 0 aromatic rings. The topological polar surface area (TPSA) is 27.7 Å². The molecule has 0 saturated heterocycles. The van der Waals surface area contributed by atoms with Gasteiger partial charge in [0.05, 0.1) is 12.9 Å². The Kier molecular flexibility index (Phi) is 5.76. The van der Waals surface area contributed by atoms with Gasteiger partial charge in [0.25, 0.3) is 0 Å². The van der Waals surface area contributed by atoms with E-state index in [0.717, 1.165) is 0 Å². The summed E-state index contributed by atoms with van der Waals surface area (Å²) in [6.45, 7) is 11.6. The van der Waals surface area contributed by atoms with Crippen LogP contribution in [0.15, 0.2) is 12.8 Å². The molecule has 0 aliphatic rings. The summed E-state index contributed by atoms with van der Waals surface area (Å²) < 4.78 is 15.6. The van der Waals surface area contributed by atoms with Crippen molar-refractivity contribution in [2.45, 2.75) is 26.6 Å². The maximum absolute atomic E-state index is 5.23. The molecule has 0 bridgehead atoms. The number of hydrogen-bond donors (Lipinski definition) is 0. The summed E-state index contributed by atoms with van der Waals surface area (Å²) in [5.74, 6) is -0.744. The highest BCUT2D eigenvalue weighted by Gasteiger charge is 2.25. The zero-order chi connectivity index (χ0) is 9.45. The number of ether oxygens (including phenoxy) is 3. The standard InChI is InChI=1S/C9H17O3/c1-5-10-8-9(4,11-6-2)12-7-3/h6-7H,2,5,8H2,1,3-4H3.